The summed E-state index contributed by atoms with van der Waals surface area (Å²) in [7, 11) is 0. The molecule has 0 aliphatic carbocycles. The molecule has 0 saturated carbocycles. The SMILES string of the molecule is CCc1cc2c(s1)-n1c(C)nnc1C(NC(=O)c1cc3ccccc3[nH]1)N=C2c1ccccc1[N+](=O)[O-]. The number of carbonyl (C=O) groups excluding carboxylic acids is 1. The Morgan fingerprint density at radius 2 is 1.92 bits per heavy atom. The number of thiophene rings is 1. The zero-order valence-corrected chi connectivity index (χ0v) is 20.7. The van der Waals surface area contributed by atoms with Crippen LogP contribution in [-0.2, 0) is 6.42 Å². The largest absolute Gasteiger partial charge is 0.351 e. The molecule has 0 radical (unpaired) electrons. The molecule has 1 atom stereocenters. The van der Waals surface area contributed by atoms with Crippen molar-refractivity contribution in [2.45, 2.75) is 26.4 Å². The van der Waals surface area contributed by atoms with Gasteiger partial charge in [-0.3, -0.25) is 24.5 Å². The van der Waals surface area contributed by atoms with Gasteiger partial charge in [0, 0.05) is 27.4 Å². The van der Waals surface area contributed by atoms with Gasteiger partial charge in [0.2, 0.25) is 0 Å². The Morgan fingerprint density at radius 3 is 2.70 bits per heavy atom. The maximum Gasteiger partial charge on any atom is 0.278 e. The molecule has 4 heterocycles. The first-order valence-corrected chi connectivity index (χ1v) is 12.5. The lowest BCUT2D eigenvalue weighted by atomic mass is 10.0. The summed E-state index contributed by atoms with van der Waals surface area (Å²) in [5.41, 5.74) is 2.68. The molecule has 6 rings (SSSR count). The molecule has 2 aromatic carbocycles. The molecule has 1 aliphatic rings. The van der Waals surface area contributed by atoms with Crippen LogP contribution in [0.3, 0.4) is 0 Å². The van der Waals surface area contributed by atoms with E-state index in [9.17, 15) is 14.9 Å². The van der Waals surface area contributed by atoms with Crippen LogP contribution in [0.5, 0.6) is 0 Å². The fourth-order valence-electron chi connectivity index (χ4n) is 4.55. The second kappa shape index (κ2) is 8.79. The molecule has 10 nitrogen and oxygen atoms in total. The zero-order valence-electron chi connectivity index (χ0n) is 19.9. The summed E-state index contributed by atoms with van der Waals surface area (Å²) >= 11 is 1.56. The van der Waals surface area contributed by atoms with Crippen molar-refractivity contribution in [3.63, 3.8) is 0 Å². The van der Waals surface area contributed by atoms with Crippen molar-refractivity contribution in [2.24, 2.45) is 4.99 Å². The zero-order chi connectivity index (χ0) is 25.7. The number of aryl methyl sites for hydroxylation is 2. The van der Waals surface area contributed by atoms with E-state index in [0.717, 1.165) is 32.8 Å². The van der Waals surface area contributed by atoms with Crippen LogP contribution in [0.4, 0.5) is 5.69 Å². The van der Waals surface area contributed by atoms with E-state index in [0.29, 0.717) is 28.6 Å². The first kappa shape index (κ1) is 22.8. The lowest BCUT2D eigenvalue weighted by Crippen LogP contribution is -2.29. The highest BCUT2D eigenvalue weighted by Gasteiger charge is 2.33. The number of aliphatic imine (C=N–C) groups is 1. The fraction of sp³-hybridized carbons (Fsp3) is 0.154. The highest BCUT2D eigenvalue weighted by Crippen LogP contribution is 2.37. The van der Waals surface area contributed by atoms with Gasteiger partial charge < -0.3 is 10.3 Å². The smallest absolute Gasteiger partial charge is 0.278 e. The van der Waals surface area contributed by atoms with Crippen molar-refractivity contribution in [1.29, 1.82) is 0 Å². The summed E-state index contributed by atoms with van der Waals surface area (Å²) in [4.78, 5) is 34.0. The Balaban J connectivity index is 1.53. The monoisotopic (exact) mass is 511 g/mol. The van der Waals surface area contributed by atoms with Gasteiger partial charge in [-0.15, -0.1) is 21.5 Å². The number of aromatic nitrogens is 4. The number of rotatable bonds is 5. The van der Waals surface area contributed by atoms with Crippen molar-refractivity contribution < 1.29 is 9.72 Å². The molecule has 3 aromatic heterocycles. The third-order valence-corrected chi connectivity index (χ3v) is 7.59. The van der Waals surface area contributed by atoms with Crippen LogP contribution in [0.15, 0.2) is 65.7 Å². The number of hydrogen-bond acceptors (Lipinski definition) is 7. The topological polar surface area (TPSA) is 131 Å². The van der Waals surface area contributed by atoms with Gasteiger partial charge >= 0.3 is 0 Å². The molecule has 1 amide bonds. The minimum atomic E-state index is -0.931. The second-order valence-electron chi connectivity index (χ2n) is 8.62. The summed E-state index contributed by atoms with van der Waals surface area (Å²) in [5.74, 6) is 0.685. The van der Waals surface area contributed by atoms with Crippen LogP contribution in [-0.4, -0.2) is 36.3 Å². The molecule has 0 fully saturated rings. The number of nitro groups is 1. The van der Waals surface area contributed by atoms with Crippen molar-refractivity contribution in [3.8, 4) is 5.00 Å². The van der Waals surface area contributed by atoms with E-state index in [1.807, 2.05) is 41.8 Å². The Morgan fingerprint density at radius 1 is 1.14 bits per heavy atom. The van der Waals surface area contributed by atoms with E-state index in [2.05, 4.69) is 27.4 Å². The van der Waals surface area contributed by atoms with Gasteiger partial charge in [-0.2, -0.15) is 0 Å². The van der Waals surface area contributed by atoms with Gasteiger partial charge in [-0.1, -0.05) is 37.3 Å². The number of fused-ring (bicyclic) bond motifs is 4. The highest BCUT2D eigenvalue weighted by atomic mass is 32.1. The first-order chi connectivity index (χ1) is 17.9. The standard InChI is InChI=1S/C26H21N7O3S/c1-3-16-13-18-22(17-9-5-7-11-21(17)33(35)36)28-23(24-31-30-14(2)32(24)26(18)37-16)29-25(34)20-12-15-8-4-6-10-19(15)27-20/h4-13,23,27H,3H2,1-2H3,(H,29,34). The minimum absolute atomic E-state index is 0.0634. The maximum atomic E-state index is 13.4. The van der Waals surface area contributed by atoms with Crippen LogP contribution in [0.1, 0.15) is 51.2 Å². The molecule has 0 spiro atoms. The van der Waals surface area contributed by atoms with Crippen molar-refractivity contribution in [3.05, 3.63) is 104 Å². The van der Waals surface area contributed by atoms with Gasteiger partial charge in [0.1, 0.15) is 16.5 Å². The lowest BCUT2D eigenvalue weighted by molar-refractivity contribution is -0.385. The molecule has 5 aromatic rings. The van der Waals surface area contributed by atoms with E-state index in [1.165, 1.54) is 6.07 Å². The predicted octanol–water partition coefficient (Wildman–Crippen LogP) is 4.87. The summed E-state index contributed by atoms with van der Waals surface area (Å²) in [5, 5.41) is 25.2. The molecule has 37 heavy (non-hydrogen) atoms. The minimum Gasteiger partial charge on any atom is -0.351 e. The summed E-state index contributed by atoms with van der Waals surface area (Å²) in [6.45, 7) is 3.88. The van der Waals surface area contributed by atoms with Gasteiger partial charge in [-0.05, 0) is 37.6 Å². The molecule has 0 bridgehead atoms. The number of nitrogens with zero attached hydrogens (tertiary/aromatic N) is 5. The van der Waals surface area contributed by atoms with Crippen molar-refractivity contribution in [2.75, 3.05) is 0 Å². The predicted molar refractivity (Wildman–Crippen MR) is 141 cm³/mol. The van der Waals surface area contributed by atoms with Gasteiger partial charge in [-0.25, -0.2) is 0 Å². The fourth-order valence-corrected chi connectivity index (χ4v) is 5.70. The van der Waals surface area contributed by atoms with E-state index >= 15 is 0 Å². The Labute approximate surface area is 214 Å². The third kappa shape index (κ3) is 3.80. The molecule has 1 aliphatic heterocycles. The summed E-state index contributed by atoms with van der Waals surface area (Å²) < 4.78 is 1.88. The third-order valence-electron chi connectivity index (χ3n) is 6.32. The average Bonchev–Trinajstić information content (AvgIpc) is 3.61. The molecular formula is C26H21N7O3S. The van der Waals surface area contributed by atoms with Crippen LogP contribution in [0.2, 0.25) is 0 Å². The summed E-state index contributed by atoms with van der Waals surface area (Å²) in [6, 6.07) is 17.9. The number of H-pyrrole nitrogens is 1. The molecule has 0 saturated heterocycles. The number of amides is 1. The number of nitro benzene ring substituents is 1. The Kier molecular flexibility index (Phi) is 5.41. The quantitative estimate of drug-likeness (QED) is 0.257. The molecule has 184 valence electrons. The van der Waals surface area contributed by atoms with E-state index in [1.54, 1.807) is 35.6 Å². The first-order valence-electron chi connectivity index (χ1n) is 11.7. The van der Waals surface area contributed by atoms with Gasteiger partial charge in [0.15, 0.2) is 12.0 Å². The molecule has 1 unspecified atom stereocenters. The van der Waals surface area contributed by atoms with E-state index in [-0.39, 0.29) is 11.6 Å². The van der Waals surface area contributed by atoms with E-state index in [4.69, 9.17) is 4.99 Å². The molecular weight excluding hydrogens is 490 g/mol. The maximum absolute atomic E-state index is 13.4. The van der Waals surface area contributed by atoms with Gasteiger partial charge in [0.05, 0.1) is 16.2 Å². The van der Waals surface area contributed by atoms with Crippen molar-refractivity contribution in [1.82, 2.24) is 25.1 Å². The molecule has 2 N–H and O–H groups in total. The Bertz CT molecular complexity index is 1700. The number of hydrogen-bond donors (Lipinski definition) is 2. The highest BCUT2D eigenvalue weighted by molar-refractivity contribution is 7.15. The number of aromatic amines is 1. The van der Waals surface area contributed by atoms with Crippen molar-refractivity contribution >= 4 is 39.5 Å². The Hall–Kier alpha value is -4.64. The number of benzene rings is 2. The van der Waals surface area contributed by atoms with Gasteiger partial charge in [0.25, 0.3) is 11.6 Å². The number of nitrogens with one attached hydrogen (secondary N) is 2. The summed E-state index contributed by atoms with van der Waals surface area (Å²) in [6.07, 6.45) is -0.140. The number of para-hydroxylation sites is 2. The lowest BCUT2D eigenvalue weighted by Gasteiger charge is -2.14. The van der Waals surface area contributed by atoms with Crippen LogP contribution < -0.4 is 5.32 Å². The van der Waals surface area contributed by atoms with Crippen LogP contribution >= 0.6 is 11.3 Å². The molecule has 11 heteroatoms. The second-order valence-corrected chi connectivity index (χ2v) is 9.74. The normalized spacial score (nSPS) is 14.5. The average molecular weight is 512 g/mol. The number of carbonyl (C=O) groups is 1. The van der Waals surface area contributed by atoms with Crippen LogP contribution in [0.25, 0.3) is 15.9 Å². The van der Waals surface area contributed by atoms with Crippen LogP contribution in [0, 0.1) is 17.0 Å². The van der Waals surface area contributed by atoms with E-state index < -0.39 is 11.1 Å².